The number of fused-ring (bicyclic) bond motifs is 3. The minimum absolute atomic E-state index is 0.138. The smallest absolute Gasteiger partial charge is 0.457 e. The van der Waals surface area contributed by atoms with Crippen LogP contribution in [0.2, 0.25) is 5.15 Å². The lowest BCUT2D eigenvalue weighted by atomic mass is 9.75. The Morgan fingerprint density at radius 3 is 1.94 bits per heavy atom. The topological polar surface area (TPSA) is 104 Å². The highest BCUT2D eigenvalue weighted by molar-refractivity contribution is 6.60. The Kier molecular flexibility index (Phi) is 11.3. The van der Waals surface area contributed by atoms with Gasteiger partial charge in [-0.25, -0.2) is 9.97 Å². The molecule has 0 saturated carbocycles. The summed E-state index contributed by atoms with van der Waals surface area (Å²) < 4.78 is 8.96. The first-order valence-corrected chi connectivity index (χ1v) is 22.2. The van der Waals surface area contributed by atoms with Gasteiger partial charge in [0.05, 0.1) is 33.8 Å². The SMILES string of the molecule is CC(C)(C)c1cc(Cl)nc(-n2c3ccccc3c3ccc(Oc4cc(Nc5ccccc5Nc5c(-c6ccccc6)cccc5-c5ccccc5B(O)O)nc(-c5ccccc5)c4)cc32)c1. The van der Waals surface area contributed by atoms with Crippen molar-refractivity contribution in [3.8, 4) is 50.8 Å². The molecule has 0 aliphatic rings. The van der Waals surface area contributed by atoms with Crippen molar-refractivity contribution in [1.82, 2.24) is 14.5 Å². The molecule has 10 aromatic rings. The average molecular weight is 882 g/mol. The number of para-hydroxylation sites is 4. The predicted molar refractivity (Wildman–Crippen MR) is 272 cm³/mol. The van der Waals surface area contributed by atoms with Gasteiger partial charge in [-0.3, -0.25) is 4.57 Å². The molecule has 7 aromatic carbocycles. The van der Waals surface area contributed by atoms with Crippen molar-refractivity contribution in [2.24, 2.45) is 0 Å². The molecule has 0 amide bonds. The van der Waals surface area contributed by atoms with E-state index in [1.54, 1.807) is 12.1 Å². The summed E-state index contributed by atoms with van der Waals surface area (Å²) in [6.45, 7) is 6.51. The fraction of sp³-hybridized carbons (Fsp3) is 0.0714. The van der Waals surface area contributed by atoms with Crippen LogP contribution in [0, 0.1) is 0 Å². The van der Waals surface area contributed by atoms with Crippen LogP contribution < -0.4 is 20.8 Å². The molecule has 8 nitrogen and oxygen atoms in total. The second-order valence-electron chi connectivity index (χ2n) is 17.2. The standard InChI is InChI=1S/C56H45BClN5O3/c1-56(2,3)38-31-52(58)62-54(32-38)63-50-28-15-11-22-43(50)44-30-29-39(34-51(44)63)66-40-33-49(37-19-8-5-9-20-37)60-53(35-40)59-47-26-13-14-27-48(47)61-55-41(36-17-6-4-7-18-36)23-16-24-45(55)42-21-10-12-25-46(42)57(64)65/h4-35,61,64-65H,1-3H3,(H,59,60). The monoisotopic (exact) mass is 881 g/mol. The molecule has 3 heterocycles. The van der Waals surface area contributed by atoms with Crippen LogP contribution in [-0.4, -0.2) is 31.7 Å². The second-order valence-corrected chi connectivity index (χ2v) is 17.6. The molecule has 3 aromatic heterocycles. The highest BCUT2D eigenvalue weighted by atomic mass is 35.5. The summed E-state index contributed by atoms with van der Waals surface area (Å²) in [5.41, 5.74) is 10.8. The highest BCUT2D eigenvalue weighted by Crippen LogP contribution is 2.42. The van der Waals surface area contributed by atoms with E-state index >= 15 is 0 Å². The van der Waals surface area contributed by atoms with Crippen LogP contribution in [0.3, 0.4) is 0 Å². The molecular weight excluding hydrogens is 837 g/mol. The van der Waals surface area contributed by atoms with Gasteiger partial charge in [0.25, 0.3) is 0 Å². The molecule has 0 radical (unpaired) electrons. The van der Waals surface area contributed by atoms with Gasteiger partial charge in [-0.2, -0.15) is 0 Å². The lowest BCUT2D eigenvalue weighted by Gasteiger charge is -2.21. The van der Waals surface area contributed by atoms with E-state index in [1.807, 2.05) is 127 Å². The van der Waals surface area contributed by atoms with Crippen LogP contribution in [0.5, 0.6) is 11.5 Å². The molecule has 0 atom stereocenters. The van der Waals surface area contributed by atoms with E-state index in [2.05, 4.69) is 90.6 Å². The fourth-order valence-electron chi connectivity index (χ4n) is 8.52. The minimum Gasteiger partial charge on any atom is -0.457 e. The van der Waals surface area contributed by atoms with E-state index in [4.69, 9.17) is 26.3 Å². The minimum atomic E-state index is -1.66. The van der Waals surface area contributed by atoms with Crippen molar-refractivity contribution in [2.75, 3.05) is 10.6 Å². The number of hydrogen-bond acceptors (Lipinski definition) is 7. The number of nitrogens with one attached hydrogen (secondary N) is 2. The molecule has 322 valence electrons. The van der Waals surface area contributed by atoms with Gasteiger partial charge in [0.2, 0.25) is 0 Å². The zero-order valence-electron chi connectivity index (χ0n) is 36.6. The Balaban J connectivity index is 1.06. The molecule has 0 unspecified atom stereocenters. The molecule has 66 heavy (non-hydrogen) atoms. The van der Waals surface area contributed by atoms with Gasteiger partial charge in [0.15, 0.2) is 0 Å². The maximum Gasteiger partial charge on any atom is 0.489 e. The summed E-state index contributed by atoms with van der Waals surface area (Å²) in [6.07, 6.45) is 0. The first-order chi connectivity index (χ1) is 32.1. The summed E-state index contributed by atoms with van der Waals surface area (Å²) in [5, 5.41) is 30.9. The summed E-state index contributed by atoms with van der Waals surface area (Å²) in [6, 6.07) is 63.9. The Morgan fingerprint density at radius 1 is 0.545 bits per heavy atom. The molecule has 4 N–H and O–H groups in total. The quantitative estimate of drug-likeness (QED) is 0.0757. The zero-order chi connectivity index (χ0) is 45.4. The number of rotatable bonds is 11. The number of nitrogens with zero attached hydrogens (tertiary/aromatic N) is 3. The van der Waals surface area contributed by atoms with Crippen molar-refractivity contribution in [2.45, 2.75) is 26.2 Å². The first-order valence-electron chi connectivity index (χ1n) is 21.8. The molecule has 0 fully saturated rings. The summed E-state index contributed by atoms with van der Waals surface area (Å²) in [4.78, 5) is 9.95. The number of anilines is 4. The van der Waals surface area contributed by atoms with Crippen molar-refractivity contribution in [3.63, 3.8) is 0 Å². The van der Waals surface area contributed by atoms with Crippen LogP contribution in [-0.2, 0) is 5.41 Å². The summed E-state index contributed by atoms with van der Waals surface area (Å²) in [5.74, 6) is 2.53. The Labute approximate surface area is 389 Å². The fourth-order valence-corrected chi connectivity index (χ4v) is 8.73. The second kappa shape index (κ2) is 17.7. The third kappa shape index (κ3) is 8.51. The van der Waals surface area contributed by atoms with Crippen LogP contribution in [0.15, 0.2) is 194 Å². The molecule has 10 heteroatoms. The largest absolute Gasteiger partial charge is 0.489 e. The summed E-state index contributed by atoms with van der Waals surface area (Å²) in [7, 11) is -1.66. The van der Waals surface area contributed by atoms with Crippen LogP contribution in [0.4, 0.5) is 22.9 Å². The molecule has 0 bridgehead atoms. The van der Waals surface area contributed by atoms with E-state index in [0.29, 0.717) is 33.5 Å². The van der Waals surface area contributed by atoms with Crippen LogP contribution in [0.1, 0.15) is 26.3 Å². The lowest BCUT2D eigenvalue weighted by molar-refractivity contribution is 0.426. The number of ether oxygens (including phenoxy) is 1. The summed E-state index contributed by atoms with van der Waals surface area (Å²) >= 11 is 6.70. The van der Waals surface area contributed by atoms with Crippen LogP contribution >= 0.6 is 11.6 Å². The predicted octanol–water partition coefficient (Wildman–Crippen LogP) is 13.5. The maximum atomic E-state index is 10.4. The van der Waals surface area contributed by atoms with Gasteiger partial charge >= 0.3 is 7.12 Å². The molecule has 0 spiro atoms. The van der Waals surface area contributed by atoms with Gasteiger partial charge in [-0.05, 0) is 70.0 Å². The lowest BCUT2D eigenvalue weighted by Crippen LogP contribution is -2.31. The third-order valence-electron chi connectivity index (χ3n) is 11.8. The van der Waals surface area contributed by atoms with E-state index in [9.17, 15) is 10.0 Å². The van der Waals surface area contributed by atoms with Gasteiger partial charge in [-0.1, -0.05) is 166 Å². The normalized spacial score (nSPS) is 11.5. The van der Waals surface area contributed by atoms with E-state index in [1.165, 1.54) is 0 Å². The molecule has 0 aliphatic carbocycles. The van der Waals surface area contributed by atoms with Crippen LogP contribution in [0.25, 0.3) is 61.1 Å². The maximum absolute atomic E-state index is 10.4. The molecule has 0 aliphatic heterocycles. The Morgan fingerprint density at radius 2 is 1.18 bits per heavy atom. The number of benzene rings is 7. The van der Waals surface area contributed by atoms with Crippen molar-refractivity contribution >= 4 is 68.9 Å². The van der Waals surface area contributed by atoms with Gasteiger partial charge < -0.3 is 25.4 Å². The van der Waals surface area contributed by atoms with E-state index < -0.39 is 7.12 Å². The number of hydrogen-bond donors (Lipinski definition) is 4. The third-order valence-corrected chi connectivity index (χ3v) is 11.9. The van der Waals surface area contributed by atoms with Gasteiger partial charge in [0, 0.05) is 45.7 Å². The van der Waals surface area contributed by atoms with Crippen molar-refractivity contribution in [1.29, 1.82) is 0 Å². The molecule has 10 rings (SSSR count). The van der Waals surface area contributed by atoms with Gasteiger partial charge in [0.1, 0.15) is 28.3 Å². The molecule has 0 saturated heterocycles. The van der Waals surface area contributed by atoms with E-state index in [0.717, 1.165) is 78.2 Å². The Bertz CT molecular complexity index is 3390. The number of pyridine rings is 2. The number of aromatic nitrogens is 3. The van der Waals surface area contributed by atoms with E-state index in [-0.39, 0.29) is 5.41 Å². The molecular formula is C56H45BClN5O3. The zero-order valence-corrected chi connectivity index (χ0v) is 37.3. The highest BCUT2D eigenvalue weighted by Gasteiger charge is 2.23. The number of halogens is 1. The Hall–Kier alpha value is -7.69. The van der Waals surface area contributed by atoms with Crippen molar-refractivity contribution in [3.05, 3.63) is 205 Å². The average Bonchev–Trinajstić information content (AvgIpc) is 3.66. The van der Waals surface area contributed by atoms with Crippen molar-refractivity contribution < 1.29 is 14.8 Å². The van der Waals surface area contributed by atoms with Gasteiger partial charge in [-0.15, -0.1) is 0 Å². The first kappa shape index (κ1) is 42.3.